The van der Waals surface area contributed by atoms with Gasteiger partial charge in [0.25, 0.3) is 5.56 Å². The molecule has 1 amide bonds. The Labute approximate surface area is 159 Å². The molecule has 0 atom stereocenters. The summed E-state index contributed by atoms with van der Waals surface area (Å²) in [5.41, 5.74) is 0.432. The number of fused-ring (bicyclic) bond motifs is 1. The summed E-state index contributed by atoms with van der Waals surface area (Å²) >= 11 is 12.0. The van der Waals surface area contributed by atoms with Gasteiger partial charge in [-0.25, -0.2) is 4.98 Å². The molecular weight excluding hydrogens is 434 g/mol. The highest BCUT2D eigenvalue weighted by atomic mass is 79.9. The fourth-order valence-corrected chi connectivity index (χ4v) is 4.31. The summed E-state index contributed by atoms with van der Waals surface area (Å²) in [5.74, 6) is -0.0893. The van der Waals surface area contributed by atoms with E-state index in [-0.39, 0.29) is 17.2 Å². The Balaban J connectivity index is 1.72. The summed E-state index contributed by atoms with van der Waals surface area (Å²) in [6, 6.07) is 6.98. The standard InChI is InChI=1S/C15H11BrClN3O2S2/c1-20-14(22)9-4-5-23-13(9)19-15(20)24-7-12(21)18-11-3-2-8(16)6-10(11)17/h2-6H,7H2,1H3,(H,18,21). The van der Waals surface area contributed by atoms with Gasteiger partial charge in [0, 0.05) is 11.5 Å². The fourth-order valence-electron chi connectivity index (χ4n) is 2.02. The molecule has 2 aromatic heterocycles. The summed E-state index contributed by atoms with van der Waals surface area (Å²) in [6.07, 6.45) is 0. The number of amides is 1. The number of carbonyl (C=O) groups excluding carboxylic acids is 1. The van der Waals surface area contributed by atoms with E-state index >= 15 is 0 Å². The molecule has 9 heteroatoms. The molecule has 0 saturated carbocycles. The van der Waals surface area contributed by atoms with E-state index in [1.165, 1.54) is 27.7 Å². The van der Waals surface area contributed by atoms with E-state index in [1.807, 2.05) is 5.38 Å². The summed E-state index contributed by atoms with van der Waals surface area (Å²) in [6.45, 7) is 0. The second-order valence-corrected chi connectivity index (χ2v) is 8.02. The van der Waals surface area contributed by atoms with E-state index in [0.717, 1.165) is 4.47 Å². The fraction of sp³-hybridized carbons (Fsp3) is 0.133. The minimum absolute atomic E-state index is 0.111. The number of halogens is 2. The summed E-state index contributed by atoms with van der Waals surface area (Å²) in [4.78, 5) is 29.4. The monoisotopic (exact) mass is 443 g/mol. The van der Waals surface area contributed by atoms with Crippen molar-refractivity contribution in [3.63, 3.8) is 0 Å². The van der Waals surface area contributed by atoms with Crippen LogP contribution in [0.4, 0.5) is 5.69 Å². The minimum Gasteiger partial charge on any atom is -0.324 e. The lowest BCUT2D eigenvalue weighted by Crippen LogP contribution is -2.20. The number of carbonyl (C=O) groups is 1. The van der Waals surface area contributed by atoms with Gasteiger partial charge in [0.1, 0.15) is 4.83 Å². The molecule has 0 aliphatic carbocycles. The largest absolute Gasteiger partial charge is 0.324 e. The Bertz CT molecular complexity index is 986. The molecule has 0 spiro atoms. The SMILES string of the molecule is Cn1c(SCC(=O)Nc2ccc(Br)cc2Cl)nc2sccc2c1=O. The van der Waals surface area contributed by atoms with Gasteiger partial charge in [-0.05, 0) is 29.6 Å². The van der Waals surface area contributed by atoms with Gasteiger partial charge in [-0.15, -0.1) is 11.3 Å². The highest BCUT2D eigenvalue weighted by Gasteiger charge is 2.12. The van der Waals surface area contributed by atoms with Crippen molar-refractivity contribution in [3.8, 4) is 0 Å². The predicted octanol–water partition coefficient (Wildman–Crippen LogP) is 4.14. The molecule has 0 radical (unpaired) electrons. The number of benzene rings is 1. The van der Waals surface area contributed by atoms with Crippen molar-refractivity contribution >= 4 is 72.4 Å². The third-order valence-corrected chi connectivity index (χ3v) is 5.84. The summed E-state index contributed by atoms with van der Waals surface area (Å²) in [7, 11) is 1.65. The molecule has 124 valence electrons. The first-order valence-corrected chi connectivity index (χ1v) is 9.81. The molecular formula is C15H11BrClN3O2S2. The summed E-state index contributed by atoms with van der Waals surface area (Å²) in [5, 5.41) is 6.13. The minimum atomic E-state index is -0.218. The topological polar surface area (TPSA) is 64.0 Å². The Morgan fingerprint density at radius 3 is 3.00 bits per heavy atom. The molecule has 1 N–H and O–H groups in total. The molecule has 0 aliphatic heterocycles. The number of thiophene rings is 1. The number of hydrogen-bond acceptors (Lipinski definition) is 5. The Morgan fingerprint density at radius 2 is 2.25 bits per heavy atom. The van der Waals surface area contributed by atoms with Crippen LogP contribution < -0.4 is 10.9 Å². The lowest BCUT2D eigenvalue weighted by atomic mass is 10.3. The highest BCUT2D eigenvalue weighted by molar-refractivity contribution is 9.10. The third kappa shape index (κ3) is 3.66. The average Bonchev–Trinajstić information content (AvgIpc) is 3.01. The second-order valence-electron chi connectivity index (χ2n) is 4.86. The zero-order chi connectivity index (χ0) is 17.3. The van der Waals surface area contributed by atoms with Crippen molar-refractivity contribution in [2.45, 2.75) is 5.16 Å². The number of thioether (sulfide) groups is 1. The van der Waals surface area contributed by atoms with E-state index in [0.29, 0.717) is 26.1 Å². The van der Waals surface area contributed by atoms with E-state index in [4.69, 9.17) is 11.6 Å². The average molecular weight is 445 g/mol. The van der Waals surface area contributed by atoms with Crippen LogP contribution in [0.3, 0.4) is 0 Å². The Morgan fingerprint density at radius 1 is 1.46 bits per heavy atom. The van der Waals surface area contributed by atoms with Crippen LogP contribution >= 0.6 is 50.6 Å². The lowest BCUT2D eigenvalue weighted by Gasteiger charge is -2.09. The van der Waals surface area contributed by atoms with Crippen molar-refractivity contribution in [2.24, 2.45) is 7.05 Å². The van der Waals surface area contributed by atoms with Crippen LogP contribution in [0, 0.1) is 0 Å². The number of anilines is 1. The zero-order valence-electron chi connectivity index (χ0n) is 12.4. The molecule has 0 aliphatic rings. The second kappa shape index (κ2) is 7.26. The third-order valence-electron chi connectivity index (χ3n) is 3.20. The number of nitrogens with zero attached hydrogens (tertiary/aromatic N) is 2. The van der Waals surface area contributed by atoms with Crippen LogP contribution in [-0.4, -0.2) is 21.2 Å². The van der Waals surface area contributed by atoms with Crippen molar-refractivity contribution in [2.75, 3.05) is 11.1 Å². The highest BCUT2D eigenvalue weighted by Crippen LogP contribution is 2.26. The number of hydrogen-bond donors (Lipinski definition) is 1. The normalized spacial score (nSPS) is 11.0. The maximum atomic E-state index is 12.2. The van der Waals surface area contributed by atoms with Crippen LogP contribution in [0.15, 0.2) is 44.1 Å². The number of rotatable bonds is 4. The van der Waals surface area contributed by atoms with E-state index in [1.54, 1.807) is 31.3 Å². The molecule has 3 aromatic rings. The van der Waals surface area contributed by atoms with Gasteiger partial charge in [-0.1, -0.05) is 39.3 Å². The lowest BCUT2D eigenvalue weighted by molar-refractivity contribution is -0.113. The van der Waals surface area contributed by atoms with Crippen molar-refractivity contribution < 1.29 is 4.79 Å². The van der Waals surface area contributed by atoms with Crippen LogP contribution in [0.2, 0.25) is 5.02 Å². The summed E-state index contributed by atoms with van der Waals surface area (Å²) < 4.78 is 2.29. The van der Waals surface area contributed by atoms with Gasteiger partial charge in [-0.2, -0.15) is 0 Å². The van der Waals surface area contributed by atoms with E-state index < -0.39 is 0 Å². The quantitative estimate of drug-likeness (QED) is 0.485. The van der Waals surface area contributed by atoms with Crippen molar-refractivity contribution in [1.29, 1.82) is 0 Å². The first-order valence-electron chi connectivity index (χ1n) is 6.77. The maximum Gasteiger partial charge on any atom is 0.262 e. The molecule has 0 fully saturated rings. The first kappa shape index (κ1) is 17.5. The maximum absolute atomic E-state index is 12.2. The van der Waals surface area contributed by atoms with E-state index in [9.17, 15) is 9.59 Å². The van der Waals surface area contributed by atoms with Crippen molar-refractivity contribution in [3.05, 3.63) is 49.5 Å². The van der Waals surface area contributed by atoms with Gasteiger partial charge < -0.3 is 5.32 Å². The molecule has 1 aromatic carbocycles. The molecule has 24 heavy (non-hydrogen) atoms. The van der Waals surface area contributed by atoms with Crippen LogP contribution in [0.5, 0.6) is 0 Å². The molecule has 0 unspecified atom stereocenters. The Hall–Kier alpha value is -1.35. The Kier molecular flexibility index (Phi) is 5.29. The molecule has 0 bridgehead atoms. The zero-order valence-corrected chi connectivity index (χ0v) is 16.4. The van der Waals surface area contributed by atoms with Crippen LogP contribution in [0.1, 0.15) is 0 Å². The molecule has 2 heterocycles. The molecule has 0 saturated heterocycles. The number of aromatic nitrogens is 2. The first-order chi connectivity index (χ1) is 11.5. The molecule has 5 nitrogen and oxygen atoms in total. The van der Waals surface area contributed by atoms with Gasteiger partial charge in [0.15, 0.2) is 5.16 Å². The van der Waals surface area contributed by atoms with Gasteiger partial charge in [-0.3, -0.25) is 14.2 Å². The molecule has 3 rings (SSSR count). The van der Waals surface area contributed by atoms with E-state index in [2.05, 4.69) is 26.2 Å². The van der Waals surface area contributed by atoms with Gasteiger partial charge in [0.05, 0.1) is 21.8 Å². The van der Waals surface area contributed by atoms with Crippen LogP contribution in [0.25, 0.3) is 10.2 Å². The van der Waals surface area contributed by atoms with Gasteiger partial charge in [0.2, 0.25) is 5.91 Å². The van der Waals surface area contributed by atoms with Gasteiger partial charge >= 0.3 is 0 Å². The predicted molar refractivity (Wildman–Crippen MR) is 103 cm³/mol. The smallest absolute Gasteiger partial charge is 0.262 e. The van der Waals surface area contributed by atoms with Crippen LogP contribution in [-0.2, 0) is 11.8 Å². The number of nitrogens with one attached hydrogen (secondary N) is 1. The van der Waals surface area contributed by atoms with Crippen molar-refractivity contribution in [1.82, 2.24) is 9.55 Å².